The van der Waals surface area contributed by atoms with Crippen molar-refractivity contribution in [2.75, 3.05) is 26.2 Å². The van der Waals surface area contributed by atoms with Crippen molar-refractivity contribution in [2.45, 2.75) is 0 Å². The van der Waals surface area contributed by atoms with Gasteiger partial charge in [-0.3, -0.25) is 14.4 Å². The summed E-state index contributed by atoms with van der Waals surface area (Å²) in [6.07, 6.45) is 5.76. The number of hydrogen-bond acceptors (Lipinski definition) is 7. The lowest BCUT2D eigenvalue weighted by molar-refractivity contribution is -0.127. The van der Waals surface area contributed by atoms with Crippen LogP contribution in [0.1, 0.15) is 20.7 Å². The van der Waals surface area contributed by atoms with Crippen LogP contribution in [0, 0.1) is 0 Å². The van der Waals surface area contributed by atoms with Gasteiger partial charge in [-0.05, 0) is 12.1 Å². The monoisotopic (exact) mass is 430 g/mol. The summed E-state index contributed by atoms with van der Waals surface area (Å²) in [5.74, 6) is -1.01. The van der Waals surface area contributed by atoms with Crippen LogP contribution in [0.25, 0.3) is 16.9 Å². The van der Waals surface area contributed by atoms with Gasteiger partial charge in [0.25, 0.3) is 17.6 Å². The Morgan fingerprint density at radius 3 is 2.28 bits per heavy atom. The highest BCUT2D eigenvalue weighted by atomic mass is 16.2. The van der Waals surface area contributed by atoms with E-state index in [2.05, 4.69) is 25.1 Å². The lowest BCUT2D eigenvalue weighted by Crippen LogP contribution is -2.52. The van der Waals surface area contributed by atoms with E-state index in [-0.39, 0.29) is 24.6 Å². The number of ketones is 1. The molecule has 4 aromatic rings. The van der Waals surface area contributed by atoms with Crippen LogP contribution in [0.2, 0.25) is 0 Å². The molecule has 11 heteroatoms. The number of nitrogens with one attached hydrogen (secondary N) is 1. The van der Waals surface area contributed by atoms with E-state index in [1.165, 1.54) is 34.6 Å². The predicted octanol–water partition coefficient (Wildman–Crippen LogP) is 0.706. The van der Waals surface area contributed by atoms with Crippen molar-refractivity contribution in [2.24, 2.45) is 0 Å². The zero-order valence-corrected chi connectivity index (χ0v) is 16.9. The van der Waals surface area contributed by atoms with Crippen molar-refractivity contribution < 1.29 is 14.4 Å². The first-order valence-corrected chi connectivity index (χ1v) is 10.00. The van der Waals surface area contributed by atoms with E-state index in [1.807, 2.05) is 18.2 Å². The fourth-order valence-electron chi connectivity index (χ4n) is 3.71. The fourth-order valence-corrected chi connectivity index (χ4v) is 3.71. The summed E-state index contributed by atoms with van der Waals surface area (Å²) in [7, 11) is 0. The maximum atomic E-state index is 13.0. The van der Waals surface area contributed by atoms with Crippen molar-refractivity contribution in [3.8, 4) is 5.82 Å². The summed E-state index contributed by atoms with van der Waals surface area (Å²) in [6.45, 7) is 1.28. The first-order chi connectivity index (χ1) is 15.6. The Hall–Kier alpha value is -4.41. The minimum atomic E-state index is -0.669. The van der Waals surface area contributed by atoms with Gasteiger partial charge in [0.1, 0.15) is 17.4 Å². The quantitative estimate of drug-likeness (QED) is 0.373. The minimum absolute atomic E-state index is 0.0860. The largest absolute Gasteiger partial charge is 0.356 e. The normalized spacial score (nSPS) is 14.0. The van der Waals surface area contributed by atoms with E-state index in [1.54, 1.807) is 17.0 Å². The second-order valence-corrected chi connectivity index (χ2v) is 7.22. The summed E-state index contributed by atoms with van der Waals surface area (Å²) in [5, 5.41) is 8.09. The first kappa shape index (κ1) is 19.5. The Morgan fingerprint density at radius 2 is 1.56 bits per heavy atom. The Labute approximate surface area is 181 Å². The second kappa shape index (κ2) is 8.02. The molecule has 2 amide bonds. The van der Waals surface area contributed by atoms with Crippen LogP contribution in [-0.4, -0.2) is 83.5 Å². The molecule has 1 N–H and O–H groups in total. The van der Waals surface area contributed by atoms with Crippen LogP contribution in [0.5, 0.6) is 0 Å². The number of amides is 2. The van der Waals surface area contributed by atoms with Gasteiger partial charge in [0.05, 0.1) is 18.0 Å². The van der Waals surface area contributed by atoms with Gasteiger partial charge >= 0.3 is 0 Å². The SMILES string of the molecule is O=C(C(=O)N1CCN(C(=O)c2ccccc2)CC1)c1c[nH]c2c(-n3nccn3)ncnc12. The zero-order chi connectivity index (χ0) is 22.1. The first-order valence-electron chi connectivity index (χ1n) is 10.00. The molecule has 0 aliphatic carbocycles. The van der Waals surface area contributed by atoms with Gasteiger partial charge < -0.3 is 14.8 Å². The van der Waals surface area contributed by atoms with Crippen LogP contribution in [0.15, 0.2) is 55.2 Å². The number of fused-ring (bicyclic) bond motifs is 1. The molecule has 0 saturated carbocycles. The van der Waals surface area contributed by atoms with Gasteiger partial charge in [0.2, 0.25) is 5.82 Å². The van der Waals surface area contributed by atoms with Crippen molar-refractivity contribution in [3.05, 3.63) is 66.4 Å². The Bertz CT molecular complexity index is 1290. The third-order valence-electron chi connectivity index (χ3n) is 5.37. The lowest BCUT2D eigenvalue weighted by Gasteiger charge is -2.34. The lowest BCUT2D eigenvalue weighted by atomic mass is 10.1. The van der Waals surface area contributed by atoms with Crippen LogP contribution >= 0.6 is 0 Å². The highest BCUT2D eigenvalue weighted by Crippen LogP contribution is 2.21. The molecule has 5 rings (SSSR count). The molecule has 0 bridgehead atoms. The number of carbonyl (C=O) groups excluding carboxylic acids is 3. The molecule has 160 valence electrons. The van der Waals surface area contributed by atoms with Gasteiger partial charge in [-0.15, -0.1) is 4.80 Å². The molecule has 3 aromatic heterocycles. The Morgan fingerprint density at radius 1 is 0.875 bits per heavy atom. The van der Waals surface area contributed by atoms with Gasteiger partial charge in [-0.1, -0.05) is 18.2 Å². The Kier molecular flexibility index (Phi) is 4.90. The van der Waals surface area contributed by atoms with E-state index in [0.717, 1.165) is 0 Å². The standard InChI is InChI=1S/C21H18N8O3/c30-18(15-12-22-17-16(15)23-13-24-19(17)29-25-6-7-26-29)21(32)28-10-8-27(9-11-28)20(31)14-4-2-1-3-5-14/h1-7,12-13,22H,8-11H2. The van der Waals surface area contributed by atoms with Gasteiger partial charge in [-0.2, -0.15) is 10.2 Å². The average Bonchev–Trinajstić information content (AvgIpc) is 3.53. The van der Waals surface area contributed by atoms with Crippen LogP contribution in [0.4, 0.5) is 0 Å². The molecule has 1 saturated heterocycles. The summed E-state index contributed by atoms with van der Waals surface area (Å²) in [5.41, 5.74) is 1.54. The number of piperazine rings is 1. The number of nitrogens with zero attached hydrogens (tertiary/aromatic N) is 7. The maximum Gasteiger partial charge on any atom is 0.295 e. The molecule has 4 heterocycles. The summed E-state index contributed by atoms with van der Waals surface area (Å²) in [6, 6.07) is 8.99. The molecule has 0 atom stereocenters. The zero-order valence-electron chi connectivity index (χ0n) is 16.9. The van der Waals surface area contributed by atoms with E-state index >= 15 is 0 Å². The average molecular weight is 430 g/mol. The summed E-state index contributed by atoms with van der Waals surface area (Å²) in [4.78, 5) is 54.2. The summed E-state index contributed by atoms with van der Waals surface area (Å²) >= 11 is 0. The molecule has 11 nitrogen and oxygen atoms in total. The van der Waals surface area contributed by atoms with Gasteiger partial charge in [0.15, 0.2) is 0 Å². The number of Topliss-reactive ketones (excluding diaryl/α,β-unsaturated/α-hetero) is 1. The summed E-state index contributed by atoms with van der Waals surface area (Å²) < 4.78 is 0. The topological polar surface area (TPSA) is 130 Å². The van der Waals surface area contributed by atoms with Crippen molar-refractivity contribution >= 4 is 28.6 Å². The number of hydrogen-bond donors (Lipinski definition) is 1. The van der Waals surface area contributed by atoms with E-state index in [4.69, 9.17) is 0 Å². The maximum absolute atomic E-state index is 13.0. The number of aromatic amines is 1. The van der Waals surface area contributed by atoms with E-state index < -0.39 is 11.7 Å². The third kappa shape index (κ3) is 3.39. The number of rotatable bonds is 4. The molecular weight excluding hydrogens is 412 g/mol. The highest BCUT2D eigenvalue weighted by Gasteiger charge is 2.30. The van der Waals surface area contributed by atoms with Crippen LogP contribution in [0.3, 0.4) is 0 Å². The van der Waals surface area contributed by atoms with Crippen molar-refractivity contribution in [1.29, 1.82) is 0 Å². The van der Waals surface area contributed by atoms with E-state index in [0.29, 0.717) is 35.5 Å². The van der Waals surface area contributed by atoms with Crippen molar-refractivity contribution in [3.63, 3.8) is 0 Å². The molecular formula is C21H18N8O3. The molecule has 1 fully saturated rings. The van der Waals surface area contributed by atoms with Crippen LogP contribution < -0.4 is 0 Å². The van der Waals surface area contributed by atoms with E-state index in [9.17, 15) is 14.4 Å². The number of H-pyrrole nitrogens is 1. The second-order valence-electron chi connectivity index (χ2n) is 7.22. The highest BCUT2D eigenvalue weighted by molar-refractivity contribution is 6.44. The fraction of sp³-hybridized carbons (Fsp3) is 0.190. The molecule has 1 aromatic carbocycles. The van der Waals surface area contributed by atoms with Gasteiger partial charge in [0, 0.05) is 37.9 Å². The predicted molar refractivity (Wildman–Crippen MR) is 112 cm³/mol. The molecule has 1 aliphatic heterocycles. The number of carbonyl (C=O) groups is 3. The molecule has 0 radical (unpaired) electrons. The molecule has 0 unspecified atom stereocenters. The Balaban J connectivity index is 1.31. The third-order valence-corrected chi connectivity index (χ3v) is 5.37. The molecule has 32 heavy (non-hydrogen) atoms. The van der Waals surface area contributed by atoms with Gasteiger partial charge in [-0.25, -0.2) is 9.97 Å². The van der Waals surface area contributed by atoms with Crippen LogP contribution in [-0.2, 0) is 4.79 Å². The molecule has 0 spiro atoms. The number of benzene rings is 1. The minimum Gasteiger partial charge on any atom is -0.356 e. The smallest absolute Gasteiger partial charge is 0.295 e. The van der Waals surface area contributed by atoms with Crippen molar-refractivity contribution in [1.82, 2.24) is 39.7 Å². The molecule has 1 aliphatic rings. The number of aromatic nitrogens is 6.